The summed E-state index contributed by atoms with van der Waals surface area (Å²) >= 11 is 0. The van der Waals surface area contributed by atoms with Gasteiger partial charge in [0.15, 0.2) is 5.75 Å². The zero-order valence-corrected chi connectivity index (χ0v) is 37.5. The van der Waals surface area contributed by atoms with Crippen molar-refractivity contribution in [3.63, 3.8) is 0 Å². The van der Waals surface area contributed by atoms with Gasteiger partial charge in [-0.3, -0.25) is 14.1 Å². The minimum absolute atomic E-state index is 0.0379. The number of ether oxygens (including phenoxy) is 3. The van der Waals surface area contributed by atoms with Gasteiger partial charge in [0.05, 0.1) is 47.5 Å². The topological polar surface area (TPSA) is 247 Å². The first kappa shape index (κ1) is 47.6. The molecule has 5 N–H and O–H groups in total. The van der Waals surface area contributed by atoms with Crippen LogP contribution in [0.1, 0.15) is 39.2 Å². The number of sulfonamides is 1. The third kappa shape index (κ3) is 12.7. The second-order valence-corrected chi connectivity index (χ2v) is 18.7. The number of benzene rings is 6. The fraction of sp³-hybridized carbons (Fsp3) is 0.222. The molecule has 2 radical (unpaired) electrons. The van der Waals surface area contributed by atoms with E-state index < -0.39 is 53.5 Å². The lowest BCUT2D eigenvalue weighted by molar-refractivity contribution is -0.144. The number of nitrogens with zero attached hydrogens (tertiary/aromatic N) is 4. The lowest BCUT2D eigenvalue weighted by Crippen LogP contribution is -2.36. The van der Waals surface area contributed by atoms with Crippen LogP contribution in [0.2, 0.25) is 0 Å². The van der Waals surface area contributed by atoms with E-state index in [9.17, 15) is 31.3 Å². The van der Waals surface area contributed by atoms with Crippen molar-refractivity contribution < 1.29 is 50.6 Å². The Bertz CT molecular complexity index is 2990. The fourth-order valence-electron chi connectivity index (χ4n) is 6.40. The number of phenolic OH excluding ortho intramolecular Hbond substituents is 1. The lowest BCUT2D eigenvalue weighted by Gasteiger charge is -2.30. The number of nitrogens with one attached hydrogen (secondary N) is 2. The Morgan fingerprint density at radius 3 is 2.09 bits per heavy atom. The van der Waals surface area contributed by atoms with Crippen LogP contribution in [-0.2, 0) is 29.7 Å². The van der Waals surface area contributed by atoms with Gasteiger partial charge in [0.25, 0.3) is 20.1 Å². The first-order valence-electron chi connectivity index (χ1n) is 19.8. The minimum atomic E-state index is -4.88. The zero-order valence-electron chi connectivity index (χ0n) is 35.9. The normalized spacial score (nSPS) is 13.2. The molecule has 0 saturated carbocycles. The molecule has 0 bridgehead atoms. The van der Waals surface area contributed by atoms with E-state index in [1.54, 1.807) is 64.1 Å². The van der Waals surface area contributed by atoms with Crippen LogP contribution in [0.15, 0.2) is 146 Å². The van der Waals surface area contributed by atoms with Crippen molar-refractivity contribution in [2.75, 3.05) is 23.8 Å². The van der Waals surface area contributed by atoms with E-state index in [4.69, 9.17) is 27.2 Å². The SMILES string of the molecule is [B]C(C)(CCOC(C)(C)CC(=O)O)Oc1ccc(NS(=O)(=O)c2ccc(N=Nc3cc(OC)c(N=Nc4c(S(=O)(=O)O)cc5cc(Nc6ccccc6)ccc5c4O)cc3C)cc2)cc1. The number of methoxy groups -OCH3 is 1. The van der Waals surface area contributed by atoms with Gasteiger partial charge in [-0.2, -0.15) is 18.6 Å². The van der Waals surface area contributed by atoms with Gasteiger partial charge in [-0.05, 0) is 130 Å². The number of anilines is 3. The highest BCUT2D eigenvalue weighted by Crippen LogP contribution is 2.44. The van der Waals surface area contributed by atoms with E-state index >= 15 is 0 Å². The van der Waals surface area contributed by atoms with Gasteiger partial charge >= 0.3 is 5.97 Å². The summed E-state index contributed by atoms with van der Waals surface area (Å²) in [6.45, 7) is 6.87. The quantitative estimate of drug-likeness (QED) is 0.0289. The van der Waals surface area contributed by atoms with Crippen molar-refractivity contribution in [3.05, 3.63) is 121 Å². The number of aromatic hydroxyl groups is 1. The van der Waals surface area contributed by atoms with Crippen LogP contribution in [0, 0.1) is 6.92 Å². The number of hydrogen-bond acceptors (Lipinski definition) is 14. The number of fused-ring (bicyclic) bond motifs is 1. The summed E-state index contributed by atoms with van der Waals surface area (Å²) in [6.07, 6.45) is 0.0901. The van der Waals surface area contributed by atoms with Crippen molar-refractivity contribution in [1.29, 1.82) is 0 Å². The average Bonchev–Trinajstić information content (AvgIpc) is 3.23. The Morgan fingerprint density at radius 1 is 0.785 bits per heavy atom. The van der Waals surface area contributed by atoms with Crippen LogP contribution < -0.4 is 19.5 Å². The van der Waals surface area contributed by atoms with Crippen molar-refractivity contribution in [2.45, 2.75) is 61.4 Å². The van der Waals surface area contributed by atoms with Crippen LogP contribution in [0.4, 0.5) is 39.8 Å². The van der Waals surface area contributed by atoms with Gasteiger partial charge in [-0.15, -0.1) is 10.2 Å². The van der Waals surface area contributed by atoms with Crippen LogP contribution in [-0.4, -0.2) is 70.2 Å². The summed E-state index contributed by atoms with van der Waals surface area (Å²) in [4.78, 5) is 10.3. The molecular weight excluding hydrogens is 875 g/mol. The highest BCUT2D eigenvalue weighted by atomic mass is 32.2. The summed E-state index contributed by atoms with van der Waals surface area (Å²) in [5, 5.41) is 40.8. The second kappa shape index (κ2) is 19.5. The summed E-state index contributed by atoms with van der Waals surface area (Å²) in [6, 6.07) is 30.3. The third-order valence-corrected chi connectivity index (χ3v) is 12.0. The Hall–Kier alpha value is -6.87. The number of rotatable bonds is 19. The van der Waals surface area contributed by atoms with E-state index in [-0.39, 0.29) is 46.9 Å². The Morgan fingerprint density at radius 2 is 1.45 bits per heavy atom. The van der Waals surface area contributed by atoms with Crippen LogP contribution in [0.5, 0.6) is 17.2 Å². The van der Waals surface area contributed by atoms with Gasteiger partial charge < -0.3 is 29.7 Å². The molecule has 6 aromatic carbocycles. The summed E-state index contributed by atoms with van der Waals surface area (Å²) in [5.74, 6) is -0.938. The summed E-state index contributed by atoms with van der Waals surface area (Å²) in [7, 11) is -1.23. The molecule has 6 aromatic rings. The maximum Gasteiger partial charge on any atom is 0.306 e. The predicted octanol–water partition coefficient (Wildman–Crippen LogP) is 10.4. The highest BCUT2D eigenvalue weighted by molar-refractivity contribution is 7.92. The molecule has 0 aromatic heterocycles. The largest absolute Gasteiger partial charge is 0.505 e. The number of phenols is 1. The molecule has 0 aliphatic rings. The lowest BCUT2D eigenvalue weighted by atomic mass is 9.80. The van der Waals surface area contributed by atoms with Crippen LogP contribution in [0.25, 0.3) is 10.8 Å². The molecule has 0 amide bonds. The van der Waals surface area contributed by atoms with E-state index in [0.717, 1.165) is 5.69 Å². The minimum Gasteiger partial charge on any atom is -0.505 e. The summed E-state index contributed by atoms with van der Waals surface area (Å²) in [5.41, 5.74) is 0.560. The maximum absolute atomic E-state index is 13.2. The molecule has 20 heteroatoms. The van der Waals surface area contributed by atoms with Crippen LogP contribution in [0.3, 0.4) is 0 Å². The van der Waals surface area contributed by atoms with Gasteiger partial charge in [0.2, 0.25) is 0 Å². The van der Waals surface area contributed by atoms with E-state index in [0.29, 0.717) is 33.8 Å². The van der Waals surface area contributed by atoms with Gasteiger partial charge in [-0.1, -0.05) is 18.2 Å². The number of hydrogen-bond donors (Lipinski definition) is 5. The second-order valence-electron chi connectivity index (χ2n) is 15.7. The molecule has 1 atom stereocenters. The molecule has 0 fully saturated rings. The van der Waals surface area contributed by atoms with Gasteiger partial charge in [0.1, 0.15) is 35.6 Å². The standard InChI is InChI=1S/C45H45BN6O11S2/c1-28-23-38(50-51-42-40(65(58,59)60)25-29-24-33(15-20-36(29)43(42)55)47-30-9-7-6-8-10-30)39(61-5)26-37(28)49-48-31-13-18-35(19-14-31)64(56,57)52-32-11-16-34(17-12-32)63-45(4,46)21-22-62-44(2,3)27-41(53)54/h6-20,23-26,47,52,55H,21-22,27H2,1-5H3,(H,53,54)(H,58,59,60). The molecule has 0 spiro atoms. The molecule has 6 rings (SSSR count). The number of aryl methyl sites for hydroxylation is 1. The zero-order chi connectivity index (χ0) is 47.2. The van der Waals surface area contributed by atoms with E-state index in [1.807, 2.05) is 30.3 Å². The van der Waals surface area contributed by atoms with Gasteiger partial charge in [-0.25, -0.2) is 8.42 Å². The van der Waals surface area contributed by atoms with Crippen LogP contribution >= 0.6 is 0 Å². The number of carboxylic acids is 1. The molecule has 1 unspecified atom stereocenters. The van der Waals surface area contributed by atoms with E-state index in [1.165, 1.54) is 55.6 Å². The Kier molecular flexibility index (Phi) is 14.3. The Balaban J connectivity index is 1.12. The Labute approximate surface area is 377 Å². The number of carboxylic acid groups (broad SMARTS) is 1. The monoisotopic (exact) mass is 920 g/mol. The van der Waals surface area contributed by atoms with Crippen molar-refractivity contribution in [3.8, 4) is 17.2 Å². The first-order chi connectivity index (χ1) is 30.6. The molecular formula is C45H45BN6O11S2. The summed E-state index contributed by atoms with van der Waals surface area (Å²) < 4.78 is 81.2. The molecule has 336 valence electrons. The fourth-order valence-corrected chi connectivity index (χ4v) is 8.12. The molecule has 0 saturated heterocycles. The predicted molar refractivity (Wildman–Crippen MR) is 247 cm³/mol. The number of azo groups is 2. The third-order valence-electron chi connectivity index (χ3n) is 9.69. The number of para-hydroxylation sites is 1. The maximum atomic E-state index is 13.2. The molecule has 0 aliphatic carbocycles. The van der Waals surface area contributed by atoms with Crippen molar-refractivity contribution >= 4 is 84.5 Å². The van der Waals surface area contributed by atoms with E-state index in [2.05, 4.69) is 30.5 Å². The molecule has 0 heterocycles. The molecule has 65 heavy (non-hydrogen) atoms. The first-order valence-corrected chi connectivity index (χ1v) is 22.7. The van der Waals surface area contributed by atoms with Crippen molar-refractivity contribution in [1.82, 2.24) is 0 Å². The molecule has 0 aliphatic heterocycles. The van der Waals surface area contributed by atoms with Crippen molar-refractivity contribution in [2.24, 2.45) is 20.5 Å². The van der Waals surface area contributed by atoms with Gasteiger partial charge in [0, 0.05) is 34.9 Å². The molecule has 17 nitrogen and oxygen atoms in total. The highest BCUT2D eigenvalue weighted by Gasteiger charge is 2.26. The number of aliphatic carboxylic acids is 1. The average molecular weight is 921 g/mol. The number of carbonyl (C=O) groups is 1. The smallest absolute Gasteiger partial charge is 0.306 e.